The van der Waals surface area contributed by atoms with Crippen molar-refractivity contribution in [2.45, 2.75) is 77.7 Å². The lowest BCUT2D eigenvalue weighted by Crippen LogP contribution is -2.37. The van der Waals surface area contributed by atoms with E-state index in [1.807, 2.05) is 21.1 Å². The van der Waals surface area contributed by atoms with E-state index in [0.717, 1.165) is 19.3 Å². The fourth-order valence-corrected chi connectivity index (χ4v) is 3.26. The van der Waals surface area contributed by atoms with Crippen molar-refractivity contribution in [1.82, 2.24) is 0 Å². The van der Waals surface area contributed by atoms with Gasteiger partial charge in [-0.05, 0) is 6.42 Å². The number of rotatable bonds is 19. The number of carbonyl (C=O) groups excluding carboxylic acids is 2. The molecule has 0 aliphatic carbocycles. The summed E-state index contributed by atoms with van der Waals surface area (Å²) < 4.78 is 32.9. The molecule has 0 aliphatic rings. The first-order valence-electron chi connectivity index (χ1n) is 11.3. The molecule has 0 heterocycles. The molecule has 0 fully saturated rings. The first kappa shape index (κ1) is 30.0. The maximum absolute atomic E-state index is 12.1. The Morgan fingerprint density at radius 3 is 2.10 bits per heavy atom. The van der Waals surface area contributed by atoms with Crippen LogP contribution in [0.25, 0.3) is 0 Å². The molecule has 0 aromatic carbocycles. The lowest BCUT2D eigenvalue weighted by Gasteiger charge is -2.24. The summed E-state index contributed by atoms with van der Waals surface area (Å²) >= 11 is 0. The number of nitrogens with zero attached hydrogens (tertiary/aromatic N) is 1. The summed E-state index contributed by atoms with van der Waals surface area (Å²) in [7, 11) is 1.47. The molecule has 0 aromatic rings. The van der Waals surface area contributed by atoms with Crippen molar-refractivity contribution in [2.75, 3.05) is 47.5 Å². The Morgan fingerprint density at radius 2 is 1.52 bits per heavy atom. The van der Waals surface area contributed by atoms with Crippen molar-refractivity contribution >= 4 is 19.8 Å². The average Bonchev–Trinajstić information content (AvgIpc) is 2.67. The number of esters is 2. The van der Waals surface area contributed by atoms with Crippen molar-refractivity contribution in [3.05, 3.63) is 0 Å². The second-order valence-electron chi connectivity index (χ2n) is 8.63. The van der Waals surface area contributed by atoms with Crippen LogP contribution in [0.5, 0.6) is 0 Å². The Labute approximate surface area is 187 Å². The summed E-state index contributed by atoms with van der Waals surface area (Å²) in [5.74, 6) is -0.909. The van der Waals surface area contributed by atoms with Gasteiger partial charge in [0.05, 0.1) is 27.7 Å². The van der Waals surface area contributed by atoms with E-state index in [2.05, 4.69) is 6.92 Å². The number of quaternary nitrogens is 1. The van der Waals surface area contributed by atoms with Crippen LogP contribution in [0.2, 0.25) is 0 Å². The second-order valence-corrected chi connectivity index (χ2v) is 10.1. The van der Waals surface area contributed by atoms with Gasteiger partial charge in [0, 0.05) is 12.8 Å². The minimum Gasteiger partial charge on any atom is -0.462 e. The van der Waals surface area contributed by atoms with Crippen molar-refractivity contribution in [1.29, 1.82) is 0 Å². The van der Waals surface area contributed by atoms with Gasteiger partial charge in [-0.3, -0.25) is 18.6 Å². The van der Waals surface area contributed by atoms with Crippen LogP contribution in [0.3, 0.4) is 0 Å². The standard InChI is InChI=1S/C21H42NO8P/c1-6-8-9-10-11-12-13-14-21(24)30-19(17-27-20(23)7-2)18-29-31(25,26)28-16-15-22(3,4)5/h19H,6-18H2,1-5H3/p+1. The monoisotopic (exact) mass is 468 g/mol. The number of phosphoric ester groups is 1. The van der Waals surface area contributed by atoms with Crippen LogP contribution in [-0.4, -0.2) is 74.9 Å². The Hall–Kier alpha value is -0.990. The van der Waals surface area contributed by atoms with Crippen molar-refractivity contribution in [3.63, 3.8) is 0 Å². The smallest absolute Gasteiger partial charge is 0.462 e. The molecule has 0 bridgehead atoms. The summed E-state index contributed by atoms with van der Waals surface area (Å²) in [6.07, 6.45) is 6.95. The molecule has 0 saturated carbocycles. The second kappa shape index (κ2) is 16.6. The molecule has 0 rings (SSSR count). The highest BCUT2D eigenvalue weighted by Crippen LogP contribution is 2.43. The predicted molar refractivity (Wildman–Crippen MR) is 118 cm³/mol. The zero-order chi connectivity index (χ0) is 23.8. The quantitative estimate of drug-likeness (QED) is 0.132. The fraction of sp³-hybridized carbons (Fsp3) is 0.905. The van der Waals surface area contributed by atoms with Crippen LogP contribution in [0.1, 0.15) is 71.6 Å². The van der Waals surface area contributed by atoms with Crippen LogP contribution < -0.4 is 0 Å². The zero-order valence-corrected chi connectivity index (χ0v) is 20.9. The Morgan fingerprint density at radius 1 is 0.903 bits per heavy atom. The third-order valence-corrected chi connectivity index (χ3v) is 5.43. The zero-order valence-electron chi connectivity index (χ0n) is 20.0. The molecule has 2 atom stereocenters. The number of ether oxygens (including phenoxy) is 2. The van der Waals surface area contributed by atoms with Crippen LogP contribution in [0.4, 0.5) is 0 Å². The van der Waals surface area contributed by atoms with E-state index in [1.165, 1.54) is 19.3 Å². The summed E-state index contributed by atoms with van der Waals surface area (Å²) in [5.41, 5.74) is 0. The SMILES string of the molecule is CCCCCCCCCC(=O)OC(COC(=O)CC)COP(=O)(O)OCC[N+](C)(C)C. The Balaban J connectivity index is 4.45. The lowest BCUT2D eigenvalue weighted by atomic mass is 10.1. The molecule has 0 amide bonds. The topological polar surface area (TPSA) is 108 Å². The maximum Gasteiger partial charge on any atom is 0.472 e. The van der Waals surface area contributed by atoms with Crippen LogP contribution >= 0.6 is 7.82 Å². The van der Waals surface area contributed by atoms with E-state index in [9.17, 15) is 19.0 Å². The number of unbranched alkanes of at least 4 members (excludes halogenated alkanes) is 6. The lowest BCUT2D eigenvalue weighted by molar-refractivity contribution is -0.870. The highest BCUT2D eigenvalue weighted by Gasteiger charge is 2.26. The van der Waals surface area contributed by atoms with Crippen molar-refractivity contribution in [2.24, 2.45) is 0 Å². The van der Waals surface area contributed by atoms with Gasteiger partial charge in [0.1, 0.15) is 19.8 Å². The summed E-state index contributed by atoms with van der Waals surface area (Å²) in [6.45, 7) is 3.71. The van der Waals surface area contributed by atoms with Gasteiger partial charge in [0.15, 0.2) is 6.10 Å². The molecule has 31 heavy (non-hydrogen) atoms. The Bertz CT molecular complexity index is 550. The molecule has 9 nitrogen and oxygen atoms in total. The van der Waals surface area contributed by atoms with Crippen LogP contribution in [0, 0.1) is 0 Å². The van der Waals surface area contributed by atoms with Gasteiger partial charge in [-0.15, -0.1) is 0 Å². The molecule has 2 unspecified atom stereocenters. The molecule has 0 aromatic heterocycles. The molecule has 0 spiro atoms. The van der Waals surface area contributed by atoms with E-state index >= 15 is 0 Å². The fourth-order valence-electron chi connectivity index (χ4n) is 2.52. The normalized spacial score (nSPS) is 14.6. The van der Waals surface area contributed by atoms with Gasteiger partial charge in [-0.2, -0.15) is 0 Å². The van der Waals surface area contributed by atoms with E-state index in [4.69, 9.17) is 18.5 Å². The molecular formula is C21H43NO8P+. The number of carbonyl (C=O) groups is 2. The van der Waals surface area contributed by atoms with Gasteiger partial charge >= 0.3 is 19.8 Å². The average molecular weight is 469 g/mol. The molecule has 0 radical (unpaired) electrons. The molecule has 10 heteroatoms. The third-order valence-electron chi connectivity index (χ3n) is 4.44. The molecule has 184 valence electrons. The van der Waals surface area contributed by atoms with Gasteiger partial charge in [-0.25, -0.2) is 4.57 Å². The van der Waals surface area contributed by atoms with E-state index < -0.39 is 32.5 Å². The van der Waals surface area contributed by atoms with E-state index in [0.29, 0.717) is 17.4 Å². The number of likely N-dealkylation sites (N-methyl/N-ethyl adjacent to an activating group) is 1. The summed E-state index contributed by atoms with van der Waals surface area (Å²) in [6, 6.07) is 0. The van der Waals surface area contributed by atoms with Crippen LogP contribution in [0.15, 0.2) is 0 Å². The highest BCUT2D eigenvalue weighted by atomic mass is 31.2. The number of phosphoric acid groups is 1. The van der Waals surface area contributed by atoms with Crippen molar-refractivity contribution < 1.29 is 42.1 Å². The first-order valence-corrected chi connectivity index (χ1v) is 12.8. The van der Waals surface area contributed by atoms with Gasteiger partial charge in [-0.1, -0.05) is 52.4 Å². The van der Waals surface area contributed by atoms with E-state index in [-0.39, 0.29) is 26.1 Å². The van der Waals surface area contributed by atoms with Crippen LogP contribution in [-0.2, 0) is 32.7 Å². The Kier molecular flexibility index (Phi) is 16.1. The largest absolute Gasteiger partial charge is 0.472 e. The highest BCUT2D eigenvalue weighted by molar-refractivity contribution is 7.47. The van der Waals surface area contributed by atoms with Crippen molar-refractivity contribution in [3.8, 4) is 0 Å². The summed E-state index contributed by atoms with van der Waals surface area (Å²) in [5, 5.41) is 0. The minimum absolute atomic E-state index is 0.0325. The predicted octanol–water partition coefficient (Wildman–Crippen LogP) is 3.83. The van der Waals surface area contributed by atoms with E-state index in [1.54, 1.807) is 6.92 Å². The van der Waals surface area contributed by atoms with Gasteiger partial charge in [0.2, 0.25) is 0 Å². The number of hydrogen-bond donors (Lipinski definition) is 1. The first-order chi connectivity index (χ1) is 14.5. The van der Waals surface area contributed by atoms with Gasteiger partial charge in [0.25, 0.3) is 0 Å². The van der Waals surface area contributed by atoms with Gasteiger partial charge < -0.3 is 18.9 Å². The molecular weight excluding hydrogens is 425 g/mol. The molecule has 0 aliphatic heterocycles. The molecule has 1 N–H and O–H groups in total. The summed E-state index contributed by atoms with van der Waals surface area (Å²) in [4.78, 5) is 33.4. The molecule has 0 saturated heterocycles. The number of hydrogen-bond acceptors (Lipinski definition) is 7. The minimum atomic E-state index is -4.31. The third kappa shape index (κ3) is 19.4. The maximum atomic E-state index is 12.1.